The third kappa shape index (κ3) is 6.17. The highest BCUT2D eigenvalue weighted by atomic mass is 16.6. The van der Waals surface area contributed by atoms with Crippen LogP contribution in [0.3, 0.4) is 0 Å². The van der Waals surface area contributed by atoms with Gasteiger partial charge in [0.2, 0.25) is 0 Å². The number of aliphatic carboxylic acids is 1. The molecule has 0 aliphatic carbocycles. The molecule has 0 bridgehead atoms. The molecule has 1 heterocycles. The summed E-state index contributed by atoms with van der Waals surface area (Å²) in [5.74, 6) is -0.417. The summed E-state index contributed by atoms with van der Waals surface area (Å²) in [7, 11) is 0. The molecule has 3 rings (SSSR count). The van der Waals surface area contributed by atoms with Gasteiger partial charge in [-0.25, -0.2) is 4.79 Å². The normalized spacial score (nSPS) is 11.1. The Labute approximate surface area is 169 Å². The van der Waals surface area contributed by atoms with Gasteiger partial charge in [0.05, 0.1) is 0 Å². The Morgan fingerprint density at radius 3 is 2.48 bits per heavy atom. The van der Waals surface area contributed by atoms with Crippen LogP contribution in [-0.2, 0) is 16.1 Å². The van der Waals surface area contributed by atoms with E-state index >= 15 is 0 Å². The van der Waals surface area contributed by atoms with E-state index in [1.165, 1.54) is 0 Å². The number of carbonyl (C=O) groups is 1. The summed E-state index contributed by atoms with van der Waals surface area (Å²) in [5, 5.41) is 13.1. The Morgan fingerprint density at radius 1 is 0.966 bits per heavy atom. The first-order valence-corrected chi connectivity index (χ1v) is 9.32. The second-order valence-electron chi connectivity index (χ2n) is 6.27. The number of para-hydroxylation sites is 1. The molecule has 1 aromatic heterocycles. The van der Waals surface area contributed by atoms with Crippen LogP contribution >= 0.6 is 0 Å². The van der Waals surface area contributed by atoms with Crippen LogP contribution in [-0.4, -0.2) is 35.0 Å². The average Bonchev–Trinajstić information content (AvgIpc) is 2.76. The second-order valence-corrected chi connectivity index (χ2v) is 6.27. The number of ether oxygens (including phenoxy) is 1. The molecule has 3 aromatic rings. The number of rotatable bonds is 10. The molecule has 0 saturated heterocycles. The number of pyridine rings is 1. The minimum absolute atomic E-state index is 0.358. The van der Waals surface area contributed by atoms with E-state index in [9.17, 15) is 4.79 Å². The first-order chi connectivity index (χ1) is 14.2. The molecule has 0 saturated carbocycles. The predicted molar refractivity (Wildman–Crippen MR) is 110 cm³/mol. The number of hydrogen-bond acceptors (Lipinski definition) is 5. The van der Waals surface area contributed by atoms with Gasteiger partial charge in [-0.1, -0.05) is 53.7 Å². The summed E-state index contributed by atoms with van der Waals surface area (Å²) >= 11 is 0. The van der Waals surface area contributed by atoms with Crippen LogP contribution in [0.5, 0.6) is 5.75 Å². The average molecular weight is 390 g/mol. The first kappa shape index (κ1) is 20.1. The highest BCUT2D eigenvalue weighted by Crippen LogP contribution is 2.19. The molecular formula is C23H22N2O4. The van der Waals surface area contributed by atoms with Crippen LogP contribution < -0.4 is 4.74 Å². The standard InChI is InChI=1S/C23H22N2O4/c26-22(27)17-28-21-13-5-4-8-18(21)12-7-15-29-25-23(19-9-2-1-3-10-19)20-11-6-14-24-16-20/h1-6,8-11,13-14,16H,7,12,15,17H2,(H,26,27)/b25-23-. The van der Waals surface area contributed by atoms with Gasteiger partial charge in [0.15, 0.2) is 6.61 Å². The van der Waals surface area contributed by atoms with Crippen molar-refractivity contribution in [2.24, 2.45) is 5.16 Å². The first-order valence-electron chi connectivity index (χ1n) is 9.32. The van der Waals surface area contributed by atoms with Crippen molar-refractivity contribution >= 4 is 11.7 Å². The number of carboxylic acid groups (broad SMARTS) is 1. The Morgan fingerprint density at radius 2 is 1.72 bits per heavy atom. The van der Waals surface area contributed by atoms with Crippen LogP contribution in [0.1, 0.15) is 23.1 Å². The second kappa shape index (κ2) is 10.6. The molecule has 0 radical (unpaired) electrons. The molecule has 6 heteroatoms. The maximum atomic E-state index is 10.7. The topological polar surface area (TPSA) is 81.0 Å². The van der Waals surface area contributed by atoms with Gasteiger partial charge in [0.1, 0.15) is 18.1 Å². The van der Waals surface area contributed by atoms with Crippen molar-refractivity contribution in [3.05, 3.63) is 95.8 Å². The van der Waals surface area contributed by atoms with E-state index in [0.717, 1.165) is 22.4 Å². The van der Waals surface area contributed by atoms with Crippen molar-refractivity contribution in [3.63, 3.8) is 0 Å². The molecule has 148 valence electrons. The van der Waals surface area contributed by atoms with Gasteiger partial charge in [0, 0.05) is 23.5 Å². The van der Waals surface area contributed by atoms with Gasteiger partial charge in [-0.05, 0) is 36.6 Å². The number of aromatic nitrogens is 1. The summed E-state index contributed by atoms with van der Waals surface area (Å²) in [5.41, 5.74) is 3.50. The lowest BCUT2D eigenvalue weighted by molar-refractivity contribution is -0.139. The Bertz CT molecular complexity index is 902. The minimum atomic E-state index is -0.999. The Balaban J connectivity index is 1.61. The van der Waals surface area contributed by atoms with Crippen molar-refractivity contribution in [3.8, 4) is 5.75 Å². The zero-order valence-corrected chi connectivity index (χ0v) is 15.9. The monoisotopic (exact) mass is 390 g/mol. The van der Waals surface area contributed by atoms with E-state index < -0.39 is 5.97 Å². The molecule has 6 nitrogen and oxygen atoms in total. The van der Waals surface area contributed by atoms with E-state index in [4.69, 9.17) is 14.7 Å². The van der Waals surface area contributed by atoms with Crippen LogP contribution in [0.2, 0.25) is 0 Å². The fourth-order valence-electron chi connectivity index (χ4n) is 2.80. The number of nitrogens with zero attached hydrogens (tertiary/aromatic N) is 2. The fourth-order valence-corrected chi connectivity index (χ4v) is 2.80. The fraction of sp³-hybridized carbons (Fsp3) is 0.174. The lowest BCUT2D eigenvalue weighted by atomic mass is 10.0. The quantitative estimate of drug-likeness (QED) is 0.322. The number of hydrogen-bond donors (Lipinski definition) is 1. The maximum Gasteiger partial charge on any atom is 0.341 e. The number of benzene rings is 2. The lowest BCUT2D eigenvalue weighted by Crippen LogP contribution is -2.10. The summed E-state index contributed by atoms with van der Waals surface area (Å²) in [6.07, 6.45) is 4.88. The molecular weight excluding hydrogens is 368 g/mol. The minimum Gasteiger partial charge on any atom is -0.482 e. The summed E-state index contributed by atoms with van der Waals surface area (Å²) in [4.78, 5) is 20.5. The zero-order chi connectivity index (χ0) is 20.3. The zero-order valence-electron chi connectivity index (χ0n) is 15.9. The van der Waals surface area contributed by atoms with E-state index in [2.05, 4.69) is 10.1 Å². The Kier molecular flexibility index (Phi) is 7.34. The molecule has 29 heavy (non-hydrogen) atoms. The van der Waals surface area contributed by atoms with Crippen molar-refractivity contribution < 1.29 is 19.5 Å². The van der Waals surface area contributed by atoms with Gasteiger partial charge in [-0.2, -0.15) is 0 Å². The highest BCUT2D eigenvalue weighted by Gasteiger charge is 2.08. The lowest BCUT2D eigenvalue weighted by Gasteiger charge is -2.10. The molecule has 0 spiro atoms. The van der Waals surface area contributed by atoms with E-state index in [-0.39, 0.29) is 6.61 Å². The van der Waals surface area contributed by atoms with E-state index in [1.54, 1.807) is 18.5 Å². The van der Waals surface area contributed by atoms with Gasteiger partial charge >= 0.3 is 5.97 Å². The largest absolute Gasteiger partial charge is 0.482 e. The molecule has 0 fully saturated rings. The highest BCUT2D eigenvalue weighted by molar-refractivity contribution is 6.12. The molecule has 0 unspecified atom stereocenters. The number of oxime groups is 1. The van der Waals surface area contributed by atoms with Crippen LogP contribution in [0.4, 0.5) is 0 Å². The van der Waals surface area contributed by atoms with Crippen molar-refractivity contribution in [1.82, 2.24) is 4.98 Å². The molecule has 0 amide bonds. The van der Waals surface area contributed by atoms with Gasteiger partial charge in [-0.15, -0.1) is 0 Å². The van der Waals surface area contributed by atoms with Crippen molar-refractivity contribution in [1.29, 1.82) is 0 Å². The third-order valence-corrected chi connectivity index (χ3v) is 4.14. The molecule has 1 N–H and O–H groups in total. The summed E-state index contributed by atoms with van der Waals surface area (Å²) < 4.78 is 5.33. The van der Waals surface area contributed by atoms with Gasteiger partial charge in [0.25, 0.3) is 0 Å². The van der Waals surface area contributed by atoms with E-state index in [0.29, 0.717) is 25.2 Å². The molecule has 0 aliphatic rings. The van der Waals surface area contributed by atoms with Crippen molar-refractivity contribution in [2.75, 3.05) is 13.2 Å². The van der Waals surface area contributed by atoms with Crippen molar-refractivity contribution in [2.45, 2.75) is 12.8 Å². The Hall–Kier alpha value is -3.67. The van der Waals surface area contributed by atoms with Crippen LogP contribution in [0.25, 0.3) is 0 Å². The predicted octanol–water partition coefficient (Wildman–Crippen LogP) is 3.95. The number of carboxylic acids is 1. The molecule has 0 aliphatic heterocycles. The van der Waals surface area contributed by atoms with Gasteiger partial charge < -0.3 is 14.7 Å². The van der Waals surface area contributed by atoms with Crippen LogP contribution in [0.15, 0.2) is 84.3 Å². The SMILES string of the molecule is O=C(O)COc1ccccc1CCCO/N=C(/c1ccccc1)c1cccnc1. The van der Waals surface area contributed by atoms with E-state index in [1.807, 2.05) is 60.7 Å². The third-order valence-electron chi connectivity index (χ3n) is 4.14. The van der Waals surface area contributed by atoms with Crippen LogP contribution in [0, 0.1) is 0 Å². The molecule has 2 aromatic carbocycles. The maximum absolute atomic E-state index is 10.7. The smallest absolute Gasteiger partial charge is 0.341 e. The number of aryl methyl sites for hydroxylation is 1. The summed E-state index contributed by atoms with van der Waals surface area (Å²) in [6, 6.07) is 21.0. The summed E-state index contributed by atoms with van der Waals surface area (Å²) in [6.45, 7) is 0.0627. The molecule has 0 atom stereocenters. The van der Waals surface area contributed by atoms with Gasteiger partial charge in [-0.3, -0.25) is 4.98 Å².